The van der Waals surface area contributed by atoms with Gasteiger partial charge in [-0.25, -0.2) is 0 Å². The molecule has 0 aromatic rings. The fourth-order valence-corrected chi connectivity index (χ4v) is 3.58. The smallest absolute Gasteiger partial charge is 0.0125 e. The highest BCUT2D eigenvalue weighted by molar-refractivity contribution is 4.81. The van der Waals surface area contributed by atoms with Crippen molar-refractivity contribution in [1.29, 1.82) is 0 Å². The van der Waals surface area contributed by atoms with Gasteiger partial charge in [-0.05, 0) is 114 Å². The van der Waals surface area contributed by atoms with Crippen LogP contribution in [0.3, 0.4) is 0 Å². The third kappa shape index (κ3) is 7.53. The lowest BCUT2D eigenvalue weighted by atomic mass is 10.0. The molecule has 1 rings (SSSR count). The van der Waals surface area contributed by atoms with Crippen LogP contribution >= 0.6 is 0 Å². The normalized spacial score (nSPS) is 22.8. The Morgan fingerprint density at radius 2 is 0.870 bits per heavy atom. The molecular weight excluding hydrogens is 282 g/mol. The summed E-state index contributed by atoms with van der Waals surface area (Å²) in [6.45, 7) is 26.2. The first-order valence-corrected chi connectivity index (χ1v) is 9.76. The number of hydrogen-bond acceptors (Lipinski definition) is 3. The van der Waals surface area contributed by atoms with Crippen molar-refractivity contribution in [3.05, 3.63) is 0 Å². The molecule has 0 aromatic carbocycles. The first-order valence-electron chi connectivity index (χ1n) is 9.76. The van der Waals surface area contributed by atoms with E-state index >= 15 is 0 Å². The van der Waals surface area contributed by atoms with E-state index in [1.807, 2.05) is 0 Å². The lowest BCUT2D eigenvalue weighted by Gasteiger charge is -2.40. The molecule has 0 amide bonds. The zero-order chi connectivity index (χ0) is 17.7. The number of nitrogens with zero attached hydrogens (tertiary/aromatic N) is 3. The van der Waals surface area contributed by atoms with Crippen molar-refractivity contribution >= 4 is 0 Å². The maximum absolute atomic E-state index is 2.69. The lowest BCUT2D eigenvalue weighted by molar-refractivity contribution is 0.0833. The van der Waals surface area contributed by atoms with Crippen molar-refractivity contribution in [3.8, 4) is 0 Å². The first-order chi connectivity index (χ1) is 10.5. The van der Waals surface area contributed by atoms with Gasteiger partial charge in [0.1, 0.15) is 0 Å². The molecule has 1 heterocycles. The summed E-state index contributed by atoms with van der Waals surface area (Å²) in [5.74, 6) is 0. The van der Waals surface area contributed by atoms with Gasteiger partial charge in [0, 0.05) is 17.1 Å². The van der Waals surface area contributed by atoms with Gasteiger partial charge in [-0.2, -0.15) is 0 Å². The Bertz CT molecular complexity index is 297. The minimum absolute atomic E-state index is 0.277. The summed E-state index contributed by atoms with van der Waals surface area (Å²) in [7, 11) is 0. The average molecular weight is 326 g/mol. The summed E-state index contributed by atoms with van der Waals surface area (Å²) in [5, 5.41) is 0. The van der Waals surface area contributed by atoms with E-state index in [2.05, 4.69) is 70.1 Å². The molecule has 0 unspecified atom stereocenters. The fourth-order valence-electron chi connectivity index (χ4n) is 3.58. The Labute approximate surface area is 146 Å². The second kappa shape index (κ2) is 8.82. The molecule has 0 radical (unpaired) electrons. The molecule has 0 bridgehead atoms. The van der Waals surface area contributed by atoms with Crippen LogP contribution in [-0.4, -0.2) is 71.1 Å². The van der Waals surface area contributed by atoms with Gasteiger partial charge in [0.15, 0.2) is 0 Å². The summed E-state index contributed by atoms with van der Waals surface area (Å²) in [5.41, 5.74) is 0.554. The van der Waals surface area contributed by atoms with Gasteiger partial charge in [-0.1, -0.05) is 0 Å². The Balaban J connectivity index is 2.79. The quantitative estimate of drug-likeness (QED) is 0.719. The monoisotopic (exact) mass is 325 g/mol. The molecule has 0 spiro atoms. The molecule has 1 saturated heterocycles. The highest BCUT2D eigenvalue weighted by atomic mass is 15.2. The van der Waals surface area contributed by atoms with Crippen molar-refractivity contribution in [2.24, 2.45) is 0 Å². The van der Waals surface area contributed by atoms with Crippen LogP contribution in [0, 0.1) is 0 Å². The van der Waals surface area contributed by atoms with Gasteiger partial charge < -0.3 is 4.90 Å². The van der Waals surface area contributed by atoms with E-state index in [4.69, 9.17) is 0 Å². The van der Waals surface area contributed by atoms with Crippen LogP contribution < -0.4 is 0 Å². The second-order valence-corrected chi connectivity index (χ2v) is 9.51. The van der Waals surface area contributed by atoms with Crippen LogP contribution in [0.5, 0.6) is 0 Å². The third-order valence-corrected chi connectivity index (χ3v) is 5.23. The predicted octanol–water partition coefficient (Wildman–Crippen LogP) is 4.08. The molecule has 0 N–H and O–H groups in total. The summed E-state index contributed by atoms with van der Waals surface area (Å²) in [6.07, 6.45) is 3.86. The summed E-state index contributed by atoms with van der Waals surface area (Å²) >= 11 is 0. The molecule has 0 aromatic heterocycles. The Hall–Kier alpha value is -0.120. The molecule has 3 heteroatoms. The maximum Gasteiger partial charge on any atom is 0.0125 e. The molecular formula is C20H43N3. The van der Waals surface area contributed by atoms with Gasteiger partial charge >= 0.3 is 0 Å². The van der Waals surface area contributed by atoms with Crippen LogP contribution in [0.4, 0.5) is 0 Å². The molecule has 23 heavy (non-hydrogen) atoms. The van der Waals surface area contributed by atoms with E-state index in [1.54, 1.807) is 0 Å². The van der Waals surface area contributed by atoms with Crippen molar-refractivity contribution in [2.75, 3.05) is 39.3 Å². The molecule has 0 saturated carbocycles. The number of rotatable bonds is 1. The predicted molar refractivity (Wildman–Crippen MR) is 103 cm³/mol. The molecule has 1 aliphatic heterocycles. The fraction of sp³-hybridized carbons (Fsp3) is 1.00. The molecule has 3 nitrogen and oxygen atoms in total. The summed E-state index contributed by atoms with van der Waals surface area (Å²) in [4.78, 5) is 8.05. The van der Waals surface area contributed by atoms with Gasteiger partial charge in [-0.15, -0.1) is 0 Å². The molecule has 0 atom stereocenters. The van der Waals surface area contributed by atoms with Crippen LogP contribution in [0.15, 0.2) is 0 Å². The topological polar surface area (TPSA) is 9.72 Å². The van der Waals surface area contributed by atoms with Crippen LogP contribution in [0.2, 0.25) is 0 Å². The zero-order valence-corrected chi connectivity index (χ0v) is 17.3. The molecule has 1 aliphatic rings. The summed E-state index contributed by atoms with van der Waals surface area (Å²) in [6, 6.07) is 0.657. The van der Waals surface area contributed by atoms with Crippen LogP contribution in [0.1, 0.15) is 74.7 Å². The maximum atomic E-state index is 2.69. The van der Waals surface area contributed by atoms with E-state index in [-0.39, 0.29) is 11.1 Å². The van der Waals surface area contributed by atoms with E-state index in [0.29, 0.717) is 6.04 Å². The average Bonchev–Trinajstić information content (AvgIpc) is 2.35. The van der Waals surface area contributed by atoms with E-state index in [0.717, 1.165) is 0 Å². The Morgan fingerprint density at radius 1 is 0.565 bits per heavy atom. The molecule has 1 fully saturated rings. The minimum Gasteiger partial charge on any atom is -0.301 e. The highest BCUT2D eigenvalue weighted by Crippen LogP contribution is 2.19. The van der Waals surface area contributed by atoms with Crippen molar-refractivity contribution in [3.63, 3.8) is 0 Å². The number of hydrogen-bond donors (Lipinski definition) is 0. The zero-order valence-electron chi connectivity index (χ0n) is 17.3. The Morgan fingerprint density at radius 3 is 1.13 bits per heavy atom. The van der Waals surface area contributed by atoms with Gasteiger partial charge in [0.25, 0.3) is 0 Å². The lowest BCUT2D eigenvalue weighted by Crippen LogP contribution is -2.48. The highest BCUT2D eigenvalue weighted by Gasteiger charge is 2.25. The summed E-state index contributed by atoms with van der Waals surface area (Å²) < 4.78 is 0. The van der Waals surface area contributed by atoms with Crippen molar-refractivity contribution in [1.82, 2.24) is 14.7 Å². The van der Waals surface area contributed by atoms with Gasteiger partial charge in [0.2, 0.25) is 0 Å². The van der Waals surface area contributed by atoms with E-state index < -0.39 is 0 Å². The van der Waals surface area contributed by atoms with Crippen molar-refractivity contribution < 1.29 is 0 Å². The molecule has 0 aliphatic carbocycles. The van der Waals surface area contributed by atoms with E-state index in [9.17, 15) is 0 Å². The largest absolute Gasteiger partial charge is 0.301 e. The van der Waals surface area contributed by atoms with Crippen LogP contribution in [-0.2, 0) is 0 Å². The van der Waals surface area contributed by atoms with Gasteiger partial charge in [0.05, 0.1) is 0 Å². The SMILES string of the molecule is CC(C)N1CCCN(C(C)(C)C)CCCN(C(C)(C)C)CCC1. The van der Waals surface area contributed by atoms with Crippen LogP contribution in [0.25, 0.3) is 0 Å². The standard InChI is InChI=1S/C20H43N3/c1-18(2)21-12-9-14-22(19(3,4)5)16-11-17-23(15-10-13-21)20(6,7)8/h18H,9-17H2,1-8H3. The third-order valence-electron chi connectivity index (χ3n) is 5.23. The minimum atomic E-state index is 0.277. The first kappa shape index (κ1) is 20.9. The Kier molecular flexibility index (Phi) is 8.03. The van der Waals surface area contributed by atoms with Gasteiger partial charge in [-0.3, -0.25) is 9.80 Å². The molecule has 138 valence electrons. The van der Waals surface area contributed by atoms with E-state index in [1.165, 1.54) is 58.5 Å². The van der Waals surface area contributed by atoms with Crippen molar-refractivity contribution in [2.45, 2.75) is 91.8 Å². The second-order valence-electron chi connectivity index (χ2n) is 9.51.